The van der Waals surface area contributed by atoms with Crippen molar-refractivity contribution in [3.63, 3.8) is 0 Å². The summed E-state index contributed by atoms with van der Waals surface area (Å²) in [4.78, 5) is 37.3. The summed E-state index contributed by atoms with van der Waals surface area (Å²) in [5.41, 5.74) is 2.48. The number of hydrogen-bond donors (Lipinski definition) is 2. The van der Waals surface area contributed by atoms with E-state index < -0.39 is 23.6 Å². The molecule has 0 saturated carbocycles. The predicted octanol–water partition coefficient (Wildman–Crippen LogP) is 3.13. The van der Waals surface area contributed by atoms with Crippen LogP contribution >= 0.6 is 0 Å². The molecule has 2 aromatic carbocycles. The summed E-state index contributed by atoms with van der Waals surface area (Å²) in [5.74, 6) is -3.34. The molecule has 2 amide bonds. The standard InChI is InChI=1S/C20H19FN2O4/c1-11-4-3-5-17(12(11)2)23-10-14(9-18(23)24)19(25)22-16-7-6-13(20(26)27)8-15(16)21/h3-8,14H,9-10H2,1-2H3,(H,22,25)(H,26,27). The van der Waals surface area contributed by atoms with Gasteiger partial charge >= 0.3 is 5.97 Å². The first-order valence-electron chi connectivity index (χ1n) is 8.48. The Morgan fingerprint density at radius 3 is 2.63 bits per heavy atom. The zero-order valence-electron chi connectivity index (χ0n) is 15.0. The predicted molar refractivity (Wildman–Crippen MR) is 98.4 cm³/mol. The fraction of sp³-hybridized carbons (Fsp3) is 0.250. The Kier molecular flexibility index (Phi) is 4.94. The van der Waals surface area contributed by atoms with Gasteiger partial charge in [0.15, 0.2) is 0 Å². The van der Waals surface area contributed by atoms with Gasteiger partial charge in [0.25, 0.3) is 0 Å². The van der Waals surface area contributed by atoms with Crippen LogP contribution in [0.2, 0.25) is 0 Å². The Morgan fingerprint density at radius 1 is 1.22 bits per heavy atom. The SMILES string of the molecule is Cc1cccc(N2CC(C(=O)Nc3ccc(C(=O)O)cc3F)CC2=O)c1C. The van der Waals surface area contributed by atoms with Crippen LogP contribution in [0, 0.1) is 25.6 Å². The fourth-order valence-electron chi connectivity index (χ4n) is 3.13. The topological polar surface area (TPSA) is 86.7 Å². The summed E-state index contributed by atoms with van der Waals surface area (Å²) in [6, 6.07) is 8.91. The molecule has 0 aliphatic carbocycles. The fourth-order valence-corrected chi connectivity index (χ4v) is 3.13. The minimum absolute atomic E-state index is 0.0358. The maximum absolute atomic E-state index is 14.0. The zero-order valence-corrected chi connectivity index (χ0v) is 15.0. The summed E-state index contributed by atoms with van der Waals surface area (Å²) in [6.45, 7) is 4.08. The van der Waals surface area contributed by atoms with Crippen LogP contribution in [0.3, 0.4) is 0 Å². The highest BCUT2D eigenvalue weighted by atomic mass is 19.1. The Hall–Kier alpha value is -3.22. The number of anilines is 2. The first-order chi connectivity index (χ1) is 12.8. The largest absolute Gasteiger partial charge is 0.478 e. The summed E-state index contributed by atoms with van der Waals surface area (Å²) in [6.07, 6.45) is 0.0358. The van der Waals surface area contributed by atoms with Gasteiger partial charge in [0.05, 0.1) is 17.2 Å². The second-order valence-electron chi connectivity index (χ2n) is 6.61. The summed E-state index contributed by atoms with van der Waals surface area (Å²) >= 11 is 0. The maximum Gasteiger partial charge on any atom is 0.335 e. The minimum Gasteiger partial charge on any atom is -0.478 e. The van der Waals surface area contributed by atoms with Crippen LogP contribution in [0.1, 0.15) is 27.9 Å². The first-order valence-corrected chi connectivity index (χ1v) is 8.48. The van der Waals surface area contributed by atoms with Crippen LogP contribution in [-0.4, -0.2) is 29.4 Å². The van der Waals surface area contributed by atoms with Gasteiger partial charge in [0.2, 0.25) is 11.8 Å². The highest BCUT2D eigenvalue weighted by Crippen LogP contribution is 2.30. The van der Waals surface area contributed by atoms with Crippen LogP contribution in [-0.2, 0) is 9.59 Å². The number of halogens is 1. The first kappa shape index (κ1) is 18.6. The Balaban J connectivity index is 1.74. The van der Waals surface area contributed by atoms with Gasteiger partial charge in [-0.3, -0.25) is 9.59 Å². The molecule has 1 aliphatic rings. The normalized spacial score (nSPS) is 16.5. The van der Waals surface area contributed by atoms with Gasteiger partial charge in [0.1, 0.15) is 5.82 Å². The number of carboxylic acid groups (broad SMARTS) is 1. The lowest BCUT2D eigenvalue weighted by molar-refractivity contribution is -0.122. The van der Waals surface area contributed by atoms with Gasteiger partial charge < -0.3 is 15.3 Å². The lowest BCUT2D eigenvalue weighted by Crippen LogP contribution is -2.29. The van der Waals surface area contributed by atoms with Crippen LogP contribution in [0.5, 0.6) is 0 Å². The van der Waals surface area contributed by atoms with Crippen molar-refractivity contribution >= 4 is 29.2 Å². The van der Waals surface area contributed by atoms with Gasteiger partial charge in [-0.25, -0.2) is 9.18 Å². The molecule has 2 aromatic rings. The number of nitrogens with one attached hydrogen (secondary N) is 1. The average molecular weight is 370 g/mol. The monoisotopic (exact) mass is 370 g/mol. The highest BCUT2D eigenvalue weighted by molar-refractivity contribution is 6.04. The van der Waals surface area contributed by atoms with E-state index in [1.807, 2.05) is 32.0 Å². The summed E-state index contributed by atoms with van der Waals surface area (Å²) in [5, 5.41) is 11.3. The van der Waals surface area contributed by atoms with Crippen molar-refractivity contribution in [2.75, 3.05) is 16.8 Å². The van der Waals surface area contributed by atoms with Crippen molar-refractivity contribution in [1.82, 2.24) is 0 Å². The molecule has 1 saturated heterocycles. The van der Waals surface area contributed by atoms with E-state index >= 15 is 0 Å². The van der Waals surface area contributed by atoms with Gasteiger partial charge in [-0.15, -0.1) is 0 Å². The molecule has 0 spiro atoms. The Morgan fingerprint density at radius 2 is 1.96 bits per heavy atom. The highest BCUT2D eigenvalue weighted by Gasteiger charge is 2.36. The van der Waals surface area contributed by atoms with Crippen molar-refractivity contribution in [2.45, 2.75) is 20.3 Å². The minimum atomic E-state index is -1.25. The molecular weight excluding hydrogens is 351 g/mol. The van der Waals surface area contributed by atoms with E-state index in [-0.39, 0.29) is 30.1 Å². The number of rotatable bonds is 4. The van der Waals surface area contributed by atoms with Crippen LogP contribution < -0.4 is 10.2 Å². The van der Waals surface area contributed by atoms with E-state index in [2.05, 4.69) is 5.32 Å². The lowest BCUT2D eigenvalue weighted by Gasteiger charge is -2.20. The molecule has 3 rings (SSSR count). The second kappa shape index (κ2) is 7.19. The number of carbonyl (C=O) groups excluding carboxylic acids is 2. The molecule has 1 aliphatic heterocycles. The molecule has 0 radical (unpaired) electrons. The molecule has 7 heteroatoms. The lowest BCUT2D eigenvalue weighted by atomic mass is 10.1. The van der Waals surface area contributed by atoms with E-state index in [1.165, 1.54) is 12.1 Å². The molecule has 27 heavy (non-hydrogen) atoms. The van der Waals surface area contributed by atoms with Gasteiger partial charge in [0, 0.05) is 18.7 Å². The number of nitrogens with zero attached hydrogens (tertiary/aromatic N) is 1. The number of hydrogen-bond acceptors (Lipinski definition) is 3. The maximum atomic E-state index is 14.0. The summed E-state index contributed by atoms with van der Waals surface area (Å²) < 4.78 is 14.0. The quantitative estimate of drug-likeness (QED) is 0.866. The molecule has 140 valence electrons. The second-order valence-corrected chi connectivity index (χ2v) is 6.61. The molecule has 1 atom stereocenters. The van der Waals surface area contributed by atoms with Crippen LogP contribution in [0.25, 0.3) is 0 Å². The van der Waals surface area contributed by atoms with E-state index in [9.17, 15) is 18.8 Å². The van der Waals surface area contributed by atoms with Gasteiger partial charge in [-0.1, -0.05) is 12.1 Å². The number of aryl methyl sites for hydroxylation is 1. The van der Waals surface area contributed by atoms with E-state index in [1.54, 1.807) is 4.90 Å². The summed E-state index contributed by atoms with van der Waals surface area (Å²) in [7, 11) is 0. The Labute approximate surface area is 155 Å². The number of carboxylic acids is 1. The molecule has 6 nitrogen and oxygen atoms in total. The van der Waals surface area contributed by atoms with Gasteiger partial charge in [-0.05, 0) is 49.2 Å². The molecule has 1 fully saturated rings. The number of amides is 2. The van der Waals surface area contributed by atoms with Crippen molar-refractivity contribution < 1.29 is 23.9 Å². The van der Waals surface area contributed by atoms with Crippen molar-refractivity contribution in [1.29, 1.82) is 0 Å². The molecule has 0 aromatic heterocycles. The molecular formula is C20H19FN2O4. The van der Waals surface area contributed by atoms with E-state index in [4.69, 9.17) is 5.11 Å². The zero-order chi connectivity index (χ0) is 19.7. The van der Waals surface area contributed by atoms with Crippen molar-refractivity contribution in [2.24, 2.45) is 5.92 Å². The molecule has 1 unspecified atom stereocenters. The third-order valence-electron chi connectivity index (χ3n) is 4.84. The van der Waals surface area contributed by atoms with E-state index in [0.29, 0.717) is 0 Å². The van der Waals surface area contributed by atoms with Crippen molar-refractivity contribution in [3.8, 4) is 0 Å². The number of benzene rings is 2. The molecule has 0 bridgehead atoms. The molecule has 1 heterocycles. The Bertz CT molecular complexity index is 942. The third-order valence-corrected chi connectivity index (χ3v) is 4.84. The van der Waals surface area contributed by atoms with Crippen LogP contribution in [0.4, 0.5) is 15.8 Å². The van der Waals surface area contributed by atoms with Crippen molar-refractivity contribution in [3.05, 3.63) is 58.9 Å². The van der Waals surface area contributed by atoms with Gasteiger partial charge in [-0.2, -0.15) is 0 Å². The van der Waals surface area contributed by atoms with E-state index in [0.717, 1.165) is 22.9 Å². The number of carbonyl (C=O) groups is 3. The number of aromatic carboxylic acids is 1. The average Bonchev–Trinajstić information content (AvgIpc) is 3.00. The smallest absolute Gasteiger partial charge is 0.335 e. The third kappa shape index (κ3) is 3.67. The molecule has 2 N–H and O–H groups in total. The van der Waals surface area contributed by atoms with Crippen LogP contribution in [0.15, 0.2) is 36.4 Å².